The van der Waals surface area contributed by atoms with Crippen LogP contribution in [0, 0.1) is 12.8 Å². The van der Waals surface area contributed by atoms with Gasteiger partial charge in [0.05, 0.1) is 17.5 Å². The van der Waals surface area contributed by atoms with Crippen LogP contribution in [0.5, 0.6) is 0 Å². The van der Waals surface area contributed by atoms with Crippen LogP contribution in [-0.2, 0) is 0 Å². The van der Waals surface area contributed by atoms with E-state index < -0.39 is 0 Å². The summed E-state index contributed by atoms with van der Waals surface area (Å²) in [5, 5.41) is 6.38. The summed E-state index contributed by atoms with van der Waals surface area (Å²) in [7, 11) is 0. The fraction of sp³-hybridized carbons (Fsp3) is 0.412. The maximum Gasteiger partial charge on any atom is 0.253 e. The van der Waals surface area contributed by atoms with Gasteiger partial charge in [-0.1, -0.05) is 0 Å². The minimum absolute atomic E-state index is 0.0541. The minimum Gasteiger partial charge on any atom is -0.463 e. The van der Waals surface area contributed by atoms with Gasteiger partial charge in [0.2, 0.25) is 0 Å². The highest BCUT2D eigenvalue weighted by molar-refractivity contribution is 5.95. The first-order valence-corrected chi connectivity index (χ1v) is 7.74. The van der Waals surface area contributed by atoms with Gasteiger partial charge in [-0.3, -0.25) is 4.79 Å². The summed E-state index contributed by atoms with van der Waals surface area (Å²) >= 11 is 0. The standard InChI is InChI=1S/C17H21N3O2/c1-12-14(6-7-15(20-12)16-5-3-9-22-16)17(21)19-11-13-4-2-8-18-10-13/h3,5-7,9,13,18H,2,4,8,10-11H2,1H3,(H,19,21). The van der Waals surface area contributed by atoms with Crippen LogP contribution >= 0.6 is 0 Å². The number of pyridine rings is 1. The first-order chi connectivity index (χ1) is 10.7. The van der Waals surface area contributed by atoms with Crippen molar-refractivity contribution >= 4 is 5.91 Å². The third kappa shape index (κ3) is 3.36. The zero-order valence-corrected chi connectivity index (χ0v) is 12.8. The number of nitrogens with one attached hydrogen (secondary N) is 2. The Hall–Kier alpha value is -2.14. The molecule has 1 unspecified atom stereocenters. The summed E-state index contributed by atoms with van der Waals surface area (Å²) in [5.41, 5.74) is 2.09. The Kier molecular flexibility index (Phi) is 4.53. The summed E-state index contributed by atoms with van der Waals surface area (Å²) in [5.74, 6) is 1.18. The Morgan fingerprint density at radius 2 is 2.36 bits per heavy atom. The van der Waals surface area contributed by atoms with Crippen molar-refractivity contribution in [1.82, 2.24) is 15.6 Å². The van der Waals surface area contributed by atoms with Gasteiger partial charge in [-0.2, -0.15) is 0 Å². The first-order valence-electron chi connectivity index (χ1n) is 7.74. The minimum atomic E-state index is -0.0541. The van der Waals surface area contributed by atoms with Gasteiger partial charge in [-0.05, 0) is 63.0 Å². The quantitative estimate of drug-likeness (QED) is 0.909. The number of hydrogen-bond acceptors (Lipinski definition) is 4. The van der Waals surface area contributed by atoms with Crippen molar-refractivity contribution < 1.29 is 9.21 Å². The van der Waals surface area contributed by atoms with Crippen LogP contribution in [0.1, 0.15) is 28.9 Å². The Balaban J connectivity index is 1.65. The monoisotopic (exact) mass is 299 g/mol. The number of furan rings is 1. The van der Waals surface area contributed by atoms with Crippen molar-refractivity contribution in [2.45, 2.75) is 19.8 Å². The molecule has 0 aliphatic carbocycles. The van der Waals surface area contributed by atoms with E-state index in [4.69, 9.17) is 4.42 Å². The van der Waals surface area contributed by atoms with Gasteiger partial charge in [0, 0.05) is 6.54 Å². The predicted molar refractivity (Wildman–Crippen MR) is 84.6 cm³/mol. The first kappa shape index (κ1) is 14.8. The molecule has 1 amide bonds. The van der Waals surface area contributed by atoms with Crippen molar-refractivity contribution in [1.29, 1.82) is 0 Å². The summed E-state index contributed by atoms with van der Waals surface area (Å²) in [4.78, 5) is 16.8. The lowest BCUT2D eigenvalue weighted by atomic mass is 9.99. The Bertz CT molecular complexity index is 631. The largest absolute Gasteiger partial charge is 0.463 e. The summed E-state index contributed by atoms with van der Waals surface area (Å²) in [6.45, 7) is 4.63. The molecule has 1 fully saturated rings. The second kappa shape index (κ2) is 6.75. The molecule has 3 heterocycles. The number of piperidine rings is 1. The average Bonchev–Trinajstić information content (AvgIpc) is 3.08. The van der Waals surface area contributed by atoms with Gasteiger partial charge >= 0.3 is 0 Å². The smallest absolute Gasteiger partial charge is 0.253 e. The normalized spacial score (nSPS) is 18.1. The van der Waals surface area contributed by atoms with Crippen molar-refractivity contribution in [3.05, 3.63) is 41.8 Å². The Labute approximate surface area is 130 Å². The van der Waals surface area contributed by atoms with Gasteiger partial charge < -0.3 is 15.1 Å². The van der Waals surface area contributed by atoms with E-state index in [9.17, 15) is 4.79 Å². The number of aryl methyl sites for hydroxylation is 1. The van der Waals surface area contributed by atoms with E-state index in [1.807, 2.05) is 31.2 Å². The van der Waals surface area contributed by atoms with E-state index >= 15 is 0 Å². The fourth-order valence-electron chi connectivity index (χ4n) is 2.79. The van der Waals surface area contributed by atoms with Gasteiger partial charge in [-0.15, -0.1) is 0 Å². The molecule has 1 aliphatic heterocycles. The molecule has 0 bridgehead atoms. The molecule has 5 heteroatoms. The van der Waals surface area contributed by atoms with Crippen LogP contribution in [0.2, 0.25) is 0 Å². The van der Waals surface area contributed by atoms with E-state index in [1.54, 1.807) is 6.26 Å². The summed E-state index contributed by atoms with van der Waals surface area (Å²) in [6.07, 6.45) is 3.96. The third-order valence-electron chi connectivity index (χ3n) is 4.05. The molecule has 0 radical (unpaired) electrons. The lowest BCUT2D eigenvalue weighted by Crippen LogP contribution is -2.38. The van der Waals surface area contributed by atoms with E-state index in [0.29, 0.717) is 29.5 Å². The van der Waals surface area contributed by atoms with Crippen molar-refractivity contribution in [2.75, 3.05) is 19.6 Å². The van der Waals surface area contributed by atoms with Crippen molar-refractivity contribution in [3.63, 3.8) is 0 Å². The van der Waals surface area contributed by atoms with E-state index in [-0.39, 0.29) is 5.91 Å². The number of amides is 1. The number of hydrogen-bond donors (Lipinski definition) is 2. The van der Waals surface area contributed by atoms with E-state index in [0.717, 1.165) is 18.8 Å². The number of carbonyl (C=O) groups excluding carboxylic acids is 1. The van der Waals surface area contributed by atoms with E-state index in [1.165, 1.54) is 12.8 Å². The summed E-state index contributed by atoms with van der Waals surface area (Å²) in [6, 6.07) is 7.32. The lowest BCUT2D eigenvalue weighted by molar-refractivity contribution is 0.0944. The molecule has 116 valence electrons. The van der Waals surface area contributed by atoms with E-state index in [2.05, 4.69) is 15.6 Å². The number of carbonyl (C=O) groups is 1. The molecule has 1 saturated heterocycles. The topological polar surface area (TPSA) is 67.2 Å². The zero-order valence-electron chi connectivity index (χ0n) is 12.8. The maximum atomic E-state index is 12.3. The van der Waals surface area contributed by atoms with Gasteiger partial charge in [0.1, 0.15) is 5.69 Å². The van der Waals surface area contributed by atoms with Crippen LogP contribution in [0.3, 0.4) is 0 Å². The van der Waals surface area contributed by atoms with Gasteiger partial charge in [0.25, 0.3) is 5.91 Å². The molecular weight excluding hydrogens is 278 g/mol. The fourth-order valence-corrected chi connectivity index (χ4v) is 2.79. The van der Waals surface area contributed by atoms with Crippen LogP contribution < -0.4 is 10.6 Å². The van der Waals surface area contributed by atoms with Crippen LogP contribution in [-0.4, -0.2) is 30.5 Å². The highest BCUT2D eigenvalue weighted by Gasteiger charge is 2.16. The molecule has 2 aromatic heterocycles. The Morgan fingerprint density at radius 1 is 1.45 bits per heavy atom. The highest BCUT2D eigenvalue weighted by Crippen LogP contribution is 2.19. The lowest BCUT2D eigenvalue weighted by Gasteiger charge is -2.23. The highest BCUT2D eigenvalue weighted by atomic mass is 16.3. The van der Waals surface area contributed by atoms with Crippen molar-refractivity contribution in [2.24, 2.45) is 5.92 Å². The number of nitrogens with zero attached hydrogens (tertiary/aromatic N) is 1. The molecule has 22 heavy (non-hydrogen) atoms. The van der Waals surface area contributed by atoms with Gasteiger partial charge in [-0.25, -0.2) is 4.98 Å². The molecule has 0 aromatic carbocycles. The molecule has 3 rings (SSSR count). The third-order valence-corrected chi connectivity index (χ3v) is 4.05. The molecule has 0 saturated carbocycles. The van der Waals surface area contributed by atoms with Gasteiger partial charge in [0.15, 0.2) is 5.76 Å². The molecule has 1 aliphatic rings. The summed E-state index contributed by atoms with van der Waals surface area (Å²) < 4.78 is 5.33. The Morgan fingerprint density at radius 3 is 3.05 bits per heavy atom. The number of rotatable bonds is 4. The van der Waals surface area contributed by atoms with Crippen LogP contribution in [0.25, 0.3) is 11.5 Å². The predicted octanol–water partition coefficient (Wildman–Crippen LogP) is 2.38. The molecule has 5 nitrogen and oxygen atoms in total. The van der Waals surface area contributed by atoms with Crippen LogP contribution in [0.15, 0.2) is 34.9 Å². The van der Waals surface area contributed by atoms with Crippen LogP contribution in [0.4, 0.5) is 0 Å². The second-order valence-corrected chi connectivity index (χ2v) is 5.73. The zero-order chi connectivity index (χ0) is 15.4. The molecule has 0 spiro atoms. The number of aromatic nitrogens is 1. The maximum absolute atomic E-state index is 12.3. The SMILES string of the molecule is Cc1nc(-c2ccco2)ccc1C(=O)NCC1CCCNC1. The molecular formula is C17H21N3O2. The average molecular weight is 299 g/mol. The second-order valence-electron chi connectivity index (χ2n) is 5.73. The molecule has 1 atom stereocenters. The molecule has 2 aromatic rings. The molecule has 2 N–H and O–H groups in total. The van der Waals surface area contributed by atoms with Crippen molar-refractivity contribution in [3.8, 4) is 11.5 Å².